The Bertz CT molecular complexity index is 1170. The molecule has 0 fully saturated rings. The quantitative estimate of drug-likeness (QED) is 0.0300. The number of nitrogens with two attached hydrogens (primary N) is 2. The van der Waals surface area contributed by atoms with Crippen molar-refractivity contribution in [3.05, 3.63) is 0 Å². The van der Waals surface area contributed by atoms with Gasteiger partial charge in [-0.25, -0.2) is 0 Å². The van der Waals surface area contributed by atoms with Gasteiger partial charge in [-0.3, -0.25) is 19.2 Å². The molecule has 0 radical (unpaired) electrons. The Labute approximate surface area is 391 Å². The van der Waals surface area contributed by atoms with Gasteiger partial charge in [0.25, 0.3) is 0 Å². The van der Waals surface area contributed by atoms with Gasteiger partial charge in [0.15, 0.2) is 0 Å². The Morgan fingerprint density at radius 3 is 0.734 bits per heavy atom. The largest absolute Gasteiger partial charge is 0.356 e. The van der Waals surface area contributed by atoms with E-state index in [1.165, 1.54) is 77.0 Å². The molecule has 0 aliphatic heterocycles. The van der Waals surface area contributed by atoms with Crippen molar-refractivity contribution in [2.24, 2.45) is 11.5 Å². The molecule has 4 amide bonds. The number of carbonyl (C=O) groups excluding carboxylic acids is 4. The summed E-state index contributed by atoms with van der Waals surface area (Å²) in [6.07, 6.45) is 33.5. The van der Waals surface area contributed by atoms with Crippen LogP contribution in [0.2, 0.25) is 0 Å². The lowest BCUT2D eigenvalue weighted by Gasteiger charge is -2.03. The Kier molecular flexibility index (Phi) is 53.4. The summed E-state index contributed by atoms with van der Waals surface area (Å²) in [6.45, 7) is 5.03. The van der Waals surface area contributed by atoms with Gasteiger partial charge < -0.3 is 44.2 Å². The van der Waals surface area contributed by atoms with Crippen molar-refractivity contribution in [3.63, 3.8) is 0 Å². The van der Waals surface area contributed by atoms with E-state index in [4.69, 9.17) is 11.5 Å². The third kappa shape index (κ3) is 56.0. The van der Waals surface area contributed by atoms with Crippen LogP contribution in [0.5, 0.6) is 0 Å². The molecule has 12 heteroatoms. The van der Waals surface area contributed by atoms with Crippen LogP contribution in [0.15, 0.2) is 0 Å². The lowest BCUT2D eigenvalue weighted by atomic mass is 10.1. The Hall–Kier alpha value is -4.04. The van der Waals surface area contributed by atoms with E-state index in [1.807, 2.05) is 0 Å². The number of hydrogen-bond acceptors (Lipinski definition) is 6. The third-order valence-electron chi connectivity index (χ3n) is 10.2. The van der Waals surface area contributed by atoms with Crippen molar-refractivity contribution in [1.29, 1.82) is 0 Å². The highest BCUT2D eigenvalue weighted by Gasteiger charge is 2.03. The first-order valence-corrected chi connectivity index (χ1v) is 25.4. The van der Waals surface area contributed by atoms with Gasteiger partial charge in [0.2, 0.25) is 23.6 Å². The molecule has 0 bridgehead atoms. The summed E-state index contributed by atoms with van der Waals surface area (Å²) in [5.74, 6) is 25.0. The second-order valence-electron chi connectivity index (χ2n) is 16.4. The first kappa shape index (κ1) is 62.0. The van der Waals surface area contributed by atoms with Crippen molar-refractivity contribution in [2.75, 3.05) is 52.4 Å². The normalized spacial score (nSPS) is 9.94. The average molecular weight is 895 g/mol. The van der Waals surface area contributed by atoms with Crippen LogP contribution in [0.25, 0.3) is 0 Å². The second kappa shape index (κ2) is 55.1. The van der Waals surface area contributed by atoms with Gasteiger partial charge in [-0.1, -0.05) is 126 Å². The molecule has 0 saturated carbocycles. The van der Waals surface area contributed by atoms with Gasteiger partial charge in [-0.2, -0.15) is 0 Å². The van der Waals surface area contributed by atoms with Crippen molar-refractivity contribution in [2.45, 2.75) is 205 Å². The predicted molar refractivity (Wildman–Crippen MR) is 265 cm³/mol. The van der Waals surface area contributed by atoms with E-state index >= 15 is 0 Å². The fourth-order valence-corrected chi connectivity index (χ4v) is 6.48. The van der Waals surface area contributed by atoms with Crippen LogP contribution in [0.3, 0.4) is 0 Å². The smallest absolute Gasteiger partial charge is 0.220 e. The number of quaternary nitrogens is 2. The Balaban J connectivity index is 0. The fourth-order valence-electron chi connectivity index (χ4n) is 6.48. The van der Waals surface area contributed by atoms with Gasteiger partial charge in [0.05, 0.1) is 26.2 Å². The van der Waals surface area contributed by atoms with Gasteiger partial charge in [-0.05, 0) is 75.0 Å². The van der Waals surface area contributed by atoms with E-state index in [2.05, 4.69) is 80.1 Å². The number of rotatable bonds is 40. The summed E-state index contributed by atoms with van der Waals surface area (Å²) >= 11 is 0. The lowest BCUT2D eigenvalue weighted by molar-refractivity contribution is -0.365. The van der Waals surface area contributed by atoms with E-state index in [-0.39, 0.29) is 23.6 Å². The molecule has 64 heavy (non-hydrogen) atoms. The number of carbonyl (C=O) groups is 4. The zero-order chi connectivity index (χ0) is 47.1. The molecule has 0 aromatic carbocycles. The van der Waals surface area contributed by atoms with Gasteiger partial charge in [0.1, 0.15) is 0 Å². The molecule has 0 aromatic rings. The van der Waals surface area contributed by atoms with Crippen LogP contribution in [0.4, 0.5) is 0 Å². The summed E-state index contributed by atoms with van der Waals surface area (Å²) in [5.41, 5.74) is 18.1. The number of nitrogens with one attached hydrogen (secondary N) is 4. The number of unbranched alkanes of at least 4 members (excludes halogenated alkanes) is 24. The summed E-state index contributed by atoms with van der Waals surface area (Å²) in [7, 11) is 0. The van der Waals surface area contributed by atoms with Crippen molar-refractivity contribution in [1.82, 2.24) is 21.3 Å². The van der Waals surface area contributed by atoms with E-state index in [0.29, 0.717) is 65.0 Å². The molecule has 12 nitrogen and oxygen atoms in total. The minimum absolute atomic E-state index is 0.115. The van der Waals surface area contributed by atoms with E-state index in [1.54, 1.807) is 0 Å². The number of hydrogen-bond donors (Lipinski definition) is 8. The van der Waals surface area contributed by atoms with Crippen LogP contribution in [-0.4, -0.2) is 76.0 Å². The standard InChI is InChI=1S/2C26H46N4O2/c2*27-21-23-29-25(31)19-17-15-13-11-9-7-5-3-1-2-4-6-8-10-12-14-16-18-20-26(32)30-24-22-28/h2*5-24,27-28H2,(H,29,31)(H,30,32)/p+2. The van der Waals surface area contributed by atoms with Crippen molar-refractivity contribution >= 4 is 23.6 Å². The maximum absolute atomic E-state index is 11.5. The molecular weight excluding hydrogens is 801 g/mol. The second-order valence-corrected chi connectivity index (χ2v) is 16.4. The van der Waals surface area contributed by atoms with Crippen LogP contribution in [0, 0.1) is 47.4 Å². The van der Waals surface area contributed by atoms with Crippen LogP contribution < -0.4 is 44.2 Å². The zero-order valence-corrected chi connectivity index (χ0v) is 40.5. The molecule has 0 atom stereocenters. The minimum atomic E-state index is 0.115. The van der Waals surface area contributed by atoms with Gasteiger partial charge >= 0.3 is 0 Å². The van der Waals surface area contributed by atoms with Crippen molar-refractivity contribution < 1.29 is 30.6 Å². The van der Waals surface area contributed by atoms with E-state index in [0.717, 1.165) is 116 Å². The first-order chi connectivity index (χ1) is 31.4. The molecule has 0 unspecified atom stereocenters. The molecule has 0 rings (SSSR count). The molecule has 0 heterocycles. The maximum Gasteiger partial charge on any atom is 0.220 e. The lowest BCUT2D eigenvalue weighted by Crippen LogP contribution is -2.54. The third-order valence-corrected chi connectivity index (χ3v) is 10.2. The summed E-state index contributed by atoms with van der Waals surface area (Å²) in [6, 6.07) is 0. The molecule has 0 aliphatic carbocycles. The van der Waals surface area contributed by atoms with E-state index < -0.39 is 0 Å². The first-order valence-electron chi connectivity index (χ1n) is 25.4. The SMILES string of the molecule is NCCNC(=O)CCCCCCCCC#CC#CCCCCCCCCC(=O)NCCN.[NH3+]CCNC(=O)CCCCCCCCC#CC#CCCCCCCCCC(=O)NCC[NH3+]. The summed E-state index contributed by atoms with van der Waals surface area (Å²) < 4.78 is 0. The number of amides is 4. The highest BCUT2D eigenvalue weighted by atomic mass is 16.2. The highest BCUT2D eigenvalue weighted by Crippen LogP contribution is 2.11. The highest BCUT2D eigenvalue weighted by molar-refractivity contribution is 5.76. The topological polar surface area (TPSA) is 224 Å². The molecular formula is C52H94N8O4+2. The van der Waals surface area contributed by atoms with Gasteiger partial charge in [-0.15, -0.1) is 0 Å². The summed E-state index contributed by atoms with van der Waals surface area (Å²) in [5, 5.41) is 11.3. The fraction of sp³-hybridized carbons (Fsp3) is 0.769. The Morgan fingerprint density at radius 1 is 0.312 bits per heavy atom. The van der Waals surface area contributed by atoms with Gasteiger partial charge in [0, 0.05) is 77.5 Å². The van der Waals surface area contributed by atoms with E-state index in [9.17, 15) is 19.2 Å². The van der Waals surface area contributed by atoms with Crippen LogP contribution >= 0.6 is 0 Å². The maximum atomic E-state index is 11.5. The average Bonchev–Trinajstić information content (AvgIpc) is 3.30. The zero-order valence-electron chi connectivity index (χ0n) is 40.5. The minimum Gasteiger partial charge on any atom is -0.356 e. The predicted octanol–water partition coefficient (Wildman–Crippen LogP) is 5.34. The molecule has 0 aliphatic rings. The van der Waals surface area contributed by atoms with Crippen LogP contribution in [0.1, 0.15) is 205 Å². The Morgan fingerprint density at radius 2 is 0.516 bits per heavy atom. The molecule has 0 saturated heterocycles. The summed E-state index contributed by atoms with van der Waals surface area (Å²) in [4.78, 5) is 45.7. The monoisotopic (exact) mass is 895 g/mol. The molecule has 364 valence electrons. The van der Waals surface area contributed by atoms with Crippen LogP contribution in [-0.2, 0) is 19.2 Å². The molecule has 0 spiro atoms. The molecule has 14 N–H and O–H groups in total. The van der Waals surface area contributed by atoms with Crippen molar-refractivity contribution in [3.8, 4) is 47.4 Å². The molecule has 0 aromatic heterocycles.